The van der Waals surface area contributed by atoms with E-state index in [4.69, 9.17) is 17.3 Å². The van der Waals surface area contributed by atoms with Gasteiger partial charge in [-0.15, -0.1) is 0 Å². The van der Waals surface area contributed by atoms with Crippen molar-refractivity contribution in [2.24, 2.45) is 5.73 Å². The number of primary amides is 1. The summed E-state index contributed by atoms with van der Waals surface area (Å²) in [6, 6.07) is 7.38. The van der Waals surface area contributed by atoms with Crippen LogP contribution < -0.4 is 11.1 Å². The van der Waals surface area contributed by atoms with Gasteiger partial charge in [0.05, 0.1) is 11.7 Å². The van der Waals surface area contributed by atoms with E-state index in [1.807, 2.05) is 0 Å². The predicted molar refractivity (Wildman–Crippen MR) is 78.4 cm³/mol. The molecule has 0 aliphatic heterocycles. The van der Waals surface area contributed by atoms with E-state index in [0.29, 0.717) is 5.56 Å². The maximum Gasteiger partial charge on any atom is 0.248 e. The van der Waals surface area contributed by atoms with Gasteiger partial charge in [0, 0.05) is 10.6 Å². The van der Waals surface area contributed by atoms with Crippen LogP contribution in [-0.4, -0.2) is 5.91 Å². The van der Waals surface area contributed by atoms with Gasteiger partial charge in [-0.3, -0.25) is 4.79 Å². The van der Waals surface area contributed by atoms with E-state index >= 15 is 0 Å². The Balaban J connectivity index is 2.28. The molecule has 0 bridgehead atoms. The van der Waals surface area contributed by atoms with Crippen molar-refractivity contribution in [1.29, 1.82) is 0 Å². The predicted octanol–water partition coefficient (Wildman–Crippen LogP) is 3.89. The average Bonchev–Trinajstić information content (AvgIpc) is 2.40. The lowest BCUT2D eigenvalue weighted by molar-refractivity contribution is 0.100. The van der Waals surface area contributed by atoms with E-state index in [2.05, 4.69) is 5.32 Å². The van der Waals surface area contributed by atoms with E-state index in [1.165, 1.54) is 30.3 Å². The van der Waals surface area contributed by atoms with E-state index < -0.39 is 17.5 Å². The largest absolute Gasteiger partial charge is 0.376 e. The highest BCUT2D eigenvalue weighted by Gasteiger charge is 2.13. The molecule has 2 aromatic rings. The van der Waals surface area contributed by atoms with E-state index in [-0.39, 0.29) is 22.3 Å². The molecule has 0 aliphatic rings. The normalized spacial score (nSPS) is 12.0. The number of nitrogens with one attached hydrogen (secondary N) is 1. The van der Waals surface area contributed by atoms with Gasteiger partial charge in [-0.05, 0) is 42.8 Å². The maximum atomic E-state index is 13.8. The molecule has 1 atom stereocenters. The molecular formula is C15H13ClF2N2O. The number of hydrogen-bond donors (Lipinski definition) is 2. The fourth-order valence-corrected chi connectivity index (χ4v) is 2.28. The van der Waals surface area contributed by atoms with Gasteiger partial charge in [0.1, 0.15) is 11.6 Å². The summed E-state index contributed by atoms with van der Waals surface area (Å²) in [5.74, 6) is -1.62. The van der Waals surface area contributed by atoms with Crippen LogP contribution in [0.15, 0.2) is 36.4 Å². The van der Waals surface area contributed by atoms with Crippen LogP contribution >= 0.6 is 11.6 Å². The third-order valence-corrected chi connectivity index (χ3v) is 3.38. The van der Waals surface area contributed by atoms with Gasteiger partial charge in [-0.2, -0.15) is 0 Å². The highest BCUT2D eigenvalue weighted by atomic mass is 35.5. The second-order valence-corrected chi connectivity index (χ2v) is 5.00. The molecule has 3 nitrogen and oxygen atoms in total. The molecule has 0 saturated carbocycles. The number of carbonyl (C=O) groups is 1. The Labute approximate surface area is 125 Å². The van der Waals surface area contributed by atoms with Crippen LogP contribution in [-0.2, 0) is 0 Å². The van der Waals surface area contributed by atoms with Crippen LogP contribution in [0.5, 0.6) is 0 Å². The second kappa shape index (κ2) is 6.10. The van der Waals surface area contributed by atoms with E-state index in [0.717, 1.165) is 6.07 Å². The third kappa shape index (κ3) is 3.49. The number of carbonyl (C=O) groups excluding carboxylic acids is 1. The summed E-state index contributed by atoms with van der Waals surface area (Å²) in [5.41, 5.74) is 6.09. The third-order valence-electron chi connectivity index (χ3n) is 3.05. The van der Waals surface area contributed by atoms with Crippen molar-refractivity contribution < 1.29 is 13.6 Å². The topological polar surface area (TPSA) is 55.1 Å². The lowest BCUT2D eigenvalue weighted by Crippen LogP contribution is -2.13. The van der Waals surface area contributed by atoms with Gasteiger partial charge in [0.25, 0.3) is 0 Å². The first kappa shape index (κ1) is 15.3. The van der Waals surface area contributed by atoms with Crippen molar-refractivity contribution in [1.82, 2.24) is 0 Å². The molecule has 110 valence electrons. The van der Waals surface area contributed by atoms with E-state index in [9.17, 15) is 13.6 Å². The first-order valence-electron chi connectivity index (χ1n) is 6.19. The van der Waals surface area contributed by atoms with Crippen molar-refractivity contribution in [3.63, 3.8) is 0 Å². The fraction of sp³-hybridized carbons (Fsp3) is 0.133. The van der Waals surface area contributed by atoms with Crippen molar-refractivity contribution in [3.05, 3.63) is 64.2 Å². The Kier molecular flexibility index (Phi) is 4.43. The average molecular weight is 311 g/mol. The van der Waals surface area contributed by atoms with Crippen molar-refractivity contribution in [3.8, 4) is 0 Å². The number of anilines is 1. The minimum absolute atomic E-state index is 0.124. The molecule has 0 aliphatic carbocycles. The van der Waals surface area contributed by atoms with Gasteiger partial charge in [0.2, 0.25) is 5.91 Å². The zero-order chi connectivity index (χ0) is 15.6. The molecule has 2 rings (SSSR count). The Morgan fingerprint density at radius 2 is 1.95 bits per heavy atom. The summed E-state index contributed by atoms with van der Waals surface area (Å²) in [6.45, 7) is 1.75. The minimum atomic E-state index is -0.648. The molecule has 0 aromatic heterocycles. The summed E-state index contributed by atoms with van der Waals surface area (Å²) in [5, 5.41) is 3.13. The first-order chi connectivity index (χ1) is 9.88. The highest BCUT2D eigenvalue weighted by molar-refractivity contribution is 6.31. The molecule has 0 spiro atoms. The number of benzene rings is 2. The lowest BCUT2D eigenvalue weighted by atomic mass is 10.1. The monoisotopic (exact) mass is 310 g/mol. The molecule has 0 radical (unpaired) electrons. The zero-order valence-electron chi connectivity index (χ0n) is 11.2. The first-order valence-corrected chi connectivity index (χ1v) is 6.57. The standard InChI is InChI=1S/C15H13ClF2N2O/c1-8(11-4-3-10(17)7-12(11)16)20-14-6-9(15(19)21)2-5-13(14)18/h2-8,20H,1H3,(H2,19,21). The molecule has 1 amide bonds. The summed E-state index contributed by atoms with van der Waals surface area (Å²) < 4.78 is 26.8. The van der Waals surface area contributed by atoms with Gasteiger partial charge in [-0.25, -0.2) is 8.78 Å². The molecule has 0 fully saturated rings. The van der Waals surface area contributed by atoms with Crippen LogP contribution in [0, 0.1) is 11.6 Å². The van der Waals surface area contributed by atoms with Crippen LogP contribution in [0.3, 0.4) is 0 Å². The molecule has 2 aromatic carbocycles. The fourth-order valence-electron chi connectivity index (χ4n) is 1.95. The minimum Gasteiger partial charge on any atom is -0.376 e. The van der Waals surface area contributed by atoms with Gasteiger partial charge in [-0.1, -0.05) is 17.7 Å². The quantitative estimate of drug-likeness (QED) is 0.900. The summed E-state index contributed by atoms with van der Waals surface area (Å²) in [4.78, 5) is 11.1. The molecular weight excluding hydrogens is 298 g/mol. The van der Waals surface area contributed by atoms with Crippen molar-refractivity contribution in [2.75, 3.05) is 5.32 Å². The molecule has 0 saturated heterocycles. The number of halogens is 3. The van der Waals surface area contributed by atoms with Gasteiger partial charge >= 0.3 is 0 Å². The summed E-state index contributed by atoms with van der Waals surface area (Å²) >= 11 is 5.96. The Morgan fingerprint density at radius 3 is 2.57 bits per heavy atom. The maximum absolute atomic E-state index is 13.8. The number of amides is 1. The van der Waals surface area contributed by atoms with Gasteiger partial charge < -0.3 is 11.1 Å². The van der Waals surface area contributed by atoms with Crippen LogP contribution in [0.4, 0.5) is 14.5 Å². The molecule has 3 N–H and O–H groups in total. The van der Waals surface area contributed by atoms with Crippen molar-refractivity contribution in [2.45, 2.75) is 13.0 Å². The molecule has 21 heavy (non-hydrogen) atoms. The van der Waals surface area contributed by atoms with Crippen LogP contribution in [0.25, 0.3) is 0 Å². The lowest BCUT2D eigenvalue weighted by Gasteiger charge is -2.18. The highest BCUT2D eigenvalue weighted by Crippen LogP contribution is 2.28. The number of rotatable bonds is 4. The smallest absolute Gasteiger partial charge is 0.248 e. The molecule has 6 heteroatoms. The van der Waals surface area contributed by atoms with Gasteiger partial charge in [0.15, 0.2) is 0 Å². The van der Waals surface area contributed by atoms with E-state index in [1.54, 1.807) is 6.92 Å². The number of nitrogens with two attached hydrogens (primary N) is 1. The van der Waals surface area contributed by atoms with Crippen molar-refractivity contribution >= 4 is 23.2 Å². The zero-order valence-corrected chi connectivity index (χ0v) is 11.9. The molecule has 0 heterocycles. The summed E-state index contributed by atoms with van der Waals surface area (Å²) in [6.07, 6.45) is 0. The van der Waals surface area contributed by atoms with Crippen LogP contribution in [0.2, 0.25) is 5.02 Å². The Bertz CT molecular complexity index is 691. The van der Waals surface area contributed by atoms with Crippen LogP contribution in [0.1, 0.15) is 28.9 Å². The second-order valence-electron chi connectivity index (χ2n) is 4.59. The number of hydrogen-bond acceptors (Lipinski definition) is 2. The SMILES string of the molecule is CC(Nc1cc(C(N)=O)ccc1F)c1ccc(F)cc1Cl. The Morgan fingerprint density at radius 1 is 1.24 bits per heavy atom. The molecule has 1 unspecified atom stereocenters. The summed E-state index contributed by atoms with van der Waals surface area (Å²) in [7, 11) is 0. The Hall–Kier alpha value is -2.14.